The van der Waals surface area contributed by atoms with Crippen molar-refractivity contribution in [1.29, 1.82) is 0 Å². The van der Waals surface area contributed by atoms with Crippen molar-refractivity contribution in [1.82, 2.24) is 4.98 Å². The summed E-state index contributed by atoms with van der Waals surface area (Å²) in [6, 6.07) is 5.64. The van der Waals surface area contributed by atoms with Crippen LogP contribution in [0.2, 0.25) is 0 Å². The van der Waals surface area contributed by atoms with Gasteiger partial charge in [0.25, 0.3) is 0 Å². The van der Waals surface area contributed by atoms with E-state index in [1.807, 2.05) is 18.3 Å². The van der Waals surface area contributed by atoms with Gasteiger partial charge in [0.1, 0.15) is 0 Å². The van der Waals surface area contributed by atoms with E-state index in [9.17, 15) is 4.79 Å². The standard InChI is InChI=1S/C17H21N3OS/c1-11(21)20-13-7-8-14(15(18)9-13)16-10-19-17(22-16)12-5-3-2-4-6-12/h7-10,12H,2-6,18H2,1H3,(H,20,21). The van der Waals surface area contributed by atoms with Crippen LogP contribution < -0.4 is 11.1 Å². The number of aromatic nitrogens is 1. The summed E-state index contributed by atoms with van der Waals surface area (Å²) < 4.78 is 0. The molecule has 1 aliphatic carbocycles. The van der Waals surface area contributed by atoms with Crippen LogP contribution in [0.25, 0.3) is 10.4 Å². The summed E-state index contributed by atoms with van der Waals surface area (Å²) in [5.41, 5.74) is 8.54. The second kappa shape index (κ2) is 6.48. The Morgan fingerprint density at radius 1 is 1.32 bits per heavy atom. The van der Waals surface area contributed by atoms with Crippen LogP contribution in [0.5, 0.6) is 0 Å². The predicted octanol–water partition coefficient (Wildman–Crippen LogP) is 4.40. The lowest BCUT2D eigenvalue weighted by atomic mass is 9.90. The van der Waals surface area contributed by atoms with Crippen LogP contribution in [0.3, 0.4) is 0 Å². The van der Waals surface area contributed by atoms with Gasteiger partial charge in [-0.2, -0.15) is 0 Å². The average Bonchev–Trinajstić information content (AvgIpc) is 2.97. The molecule has 0 atom stereocenters. The van der Waals surface area contributed by atoms with Gasteiger partial charge in [-0.05, 0) is 31.0 Å². The molecule has 1 aromatic heterocycles. The maximum atomic E-state index is 11.1. The van der Waals surface area contributed by atoms with Crippen LogP contribution in [0, 0.1) is 0 Å². The lowest BCUT2D eigenvalue weighted by Gasteiger charge is -2.18. The predicted molar refractivity (Wildman–Crippen MR) is 92.1 cm³/mol. The van der Waals surface area contributed by atoms with E-state index in [0.29, 0.717) is 11.6 Å². The van der Waals surface area contributed by atoms with E-state index in [2.05, 4.69) is 10.3 Å². The van der Waals surface area contributed by atoms with Crippen molar-refractivity contribution in [3.63, 3.8) is 0 Å². The number of hydrogen-bond donors (Lipinski definition) is 2. The van der Waals surface area contributed by atoms with Gasteiger partial charge < -0.3 is 11.1 Å². The fraction of sp³-hybridized carbons (Fsp3) is 0.412. The van der Waals surface area contributed by atoms with Gasteiger partial charge in [-0.3, -0.25) is 4.79 Å². The Bertz CT molecular complexity index is 674. The van der Waals surface area contributed by atoms with Crippen LogP contribution >= 0.6 is 11.3 Å². The highest BCUT2D eigenvalue weighted by Gasteiger charge is 2.19. The Morgan fingerprint density at radius 2 is 2.09 bits per heavy atom. The van der Waals surface area contributed by atoms with Gasteiger partial charge in [0.05, 0.1) is 9.88 Å². The summed E-state index contributed by atoms with van der Waals surface area (Å²) in [7, 11) is 0. The Kier molecular flexibility index (Phi) is 4.43. The Labute approximate surface area is 134 Å². The highest BCUT2D eigenvalue weighted by molar-refractivity contribution is 7.15. The van der Waals surface area contributed by atoms with Crippen molar-refractivity contribution in [2.75, 3.05) is 11.1 Å². The molecule has 22 heavy (non-hydrogen) atoms. The lowest BCUT2D eigenvalue weighted by Crippen LogP contribution is -2.06. The van der Waals surface area contributed by atoms with Crippen molar-refractivity contribution < 1.29 is 4.79 Å². The fourth-order valence-electron chi connectivity index (χ4n) is 3.02. The molecule has 3 rings (SSSR count). The SMILES string of the molecule is CC(=O)Nc1ccc(-c2cnc(C3CCCCC3)s2)c(N)c1. The number of benzene rings is 1. The van der Waals surface area contributed by atoms with E-state index in [1.165, 1.54) is 44.0 Å². The number of nitrogens with zero attached hydrogens (tertiary/aromatic N) is 1. The smallest absolute Gasteiger partial charge is 0.221 e. The quantitative estimate of drug-likeness (QED) is 0.825. The van der Waals surface area contributed by atoms with Crippen LogP contribution in [0.4, 0.5) is 11.4 Å². The normalized spacial score (nSPS) is 15.7. The lowest BCUT2D eigenvalue weighted by molar-refractivity contribution is -0.114. The zero-order chi connectivity index (χ0) is 15.5. The molecule has 2 aromatic rings. The highest BCUT2D eigenvalue weighted by Crippen LogP contribution is 2.39. The van der Waals surface area contributed by atoms with Gasteiger partial charge in [0, 0.05) is 36.0 Å². The first-order valence-corrected chi connectivity index (χ1v) is 8.58. The zero-order valence-electron chi connectivity index (χ0n) is 12.8. The van der Waals surface area contributed by atoms with Gasteiger partial charge in [-0.15, -0.1) is 11.3 Å². The molecular weight excluding hydrogens is 294 g/mol. The third-order valence-electron chi connectivity index (χ3n) is 4.12. The van der Waals surface area contributed by atoms with Crippen LogP contribution in [-0.2, 0) is 4.79 Å². The Balaban J connectivity index is 1.82. The molecule has 1 aromatic carbocycles. The molecule has 0 radical (unpaired) electrons. The number of carbonyl (C=O) groups is 1. The number of carbonyl (C=O) groups excluding carboxylic acids is 1. The van der Waals surface area contributed by atoms with E-state index in [-0.39, 0.29) is 5.91 Å². The topological polar surface area (TPSA) is 68.0 Å². The molecule has 1 heterocycles. The molecule has 0 saturated heterocycles. The average molecular weight is 315 g/mol. The summed E-state index contributed by atoms with van der Waals surface area (Å²) in [4.78, 5) is 16.8. The number of nitrogen functional groups attached to an aromatic ring is 1. The number of amides is 1. The summed E-state index contributed by atoms with van der Waals surface area (Å²) in [6.07, 6.45) is 8.42. The Hall–Kier alpha value is -1.88. The number of rotatable bonds is 3. The maximum Gasteiger partial charge on any atom is 0.221 e. The van der Waals surface area contributed by atoms with Gasteiger partial charge in [-0.1, -0.05) is 19.3 Å². The minimum Gasteiger partial charge on any atom is -0.398 e. The zero-order valence-corrected chi connectivity index (χ0v) is 13.6. The summed E-state index contributed by atoms with van der Waals surface area (Å²) in [6.45, 7) is 1.49. The van der Waals surface area contributed by atoms with E-state index < -0.39 is 0 Å². The third kappa shape index (κ3) is 3.30. The second-order valence-corrected chi connectivity index (χ2v) is 6.94. The van der Waals surface area contributed by atoms with Gasteiger partial charge >= 0.3 is 0 Å². The van der Waals surface area contributed by atoms with Gasteiger partial charge in [0.2, 0.25) is 5.91 Å². The minimum absolute atomic E-state index is 0.0930. The molecular formula is C17H21N3OS. The molecule has 0 aliphatic heterocycles. The number of nitrogens with two attached hydrogens (primary N) is 1. The molecule has 1 aliphatic rings. The molecule has 5 heteroatoms. The van der Waals surface area contributed by atoms with Crippen molar-refractivity contribution in [2.45, 2.75) is 44.9 Å². The van der Waals surface area contributed by atoms with Crippen molar-refractivity contribution >= 4 is 28.6 Å². The molecule has 0 spiro atoms. The molecule has 1 fully saturated rings. The number of nitrogens with one attached hydrogen (secondary N) is 1. The molecule has 4 nitrogen and oxygen atoms in total. The van der Waals surface area contributed by atoms with Crippen molar-refractivity contribution in [3.8, 4) is 10.4 Å². The second-order valence-electron chi connectivity index (χ2n) is 5.88. The number of anilines is 2. The van der Waals surface area contributed by atoms with E-state index in [4.69, 9.17) is 5.73 Å². The molecule has 3 N–H and O–H groups in total. The molecule has 116 valence electrons. The fourth-order valence-corrected chi connectivity index (χ4v) is 4.15. The minimum atomic E-state index is -0.0930. The van der Waals surface area contributed by atoms with E-state index in [0.717, 1.165) is 16.1 Å². The van der Waals surface area contributed by atoms with Crippen LogP contribution in [0.15, 0.2) is 24.4 Å². The van der Waals surface area contributed by atoms with Crippen molar-refractivity contribution in [2.24, 2.45) is 0 Å². The monoisotopic (exact) mass is 315 g/mol. The first-order valence-electron chi connectivity index (χ1n) is 7.76. The molecule has 1 amide bonds. The summed E-state index contributed by atoms with van der Waals surface area (Å²) in [5, 5.41) is 3.99. The summed E-state index contributed by atoms with van der Waals surface area (Å²) in [5.74, 6) is 0.525. The molecule has 0 unspecified atom stereocenters. The molecule has 0 bridgehead atoms. The van der Waals surface area contributed by atoms with E-state index in [1.54, 1.807) is 17.4 Å². The largest absolute Gasteiger partial charge is 0.398 e. The van der Waals surface area contributed by atoms with Crippen molar-refractivity contribution in [3.05, 3.63) is 29.4 Å². The number of hydrogen-bond acceptors (Lipinski definition) is 4. The maximum absolute atomic E-state index is 11.1. The molecule has 1 saturated carbocycles. The summed E-state index contributed by atoms with van der Waals surface area (Å²) >= 11 is 1.75. The first-order chi connectivity index (χ1) is 10.6. The van der Waals surface area contributed by atoms with Gasteiger partial charge in [-0.25, -0.2) is 4.98 Å². The Morgan fingerprint density at radius 3 is 2.77 bits per heavy atom. The van der Waals surface area contributed by atoms with Gasteiger partial charge in [0.15, 0.2) is 0 Å². The first kappa shape index (κ1) is 15.0. The van der Waals surface area contributed by atoms with Crippen LogP contribution in [-0.4, -0.2) is 10.9 Å². The van der Waals surface area contributed by atoms with Crippen LogP contribution in [0.1, 0.15) is 50.0 Å². The highest BCUT2D eigenvalue weighted by atomic mass is 32.1. The third-order valence-corrected chi connectivity index (χ3v) is 5.31. The van der Waals surface area contributed by atoms with E-state index >= 15 is 0 Å². The number of thiazole rings is 1.